The topological polar surface area (TPSA) is 66.9 Å². The Bertz CT molecular complexity index is 972. The molecule has 0 atom stereocenters. The zero-order valence-corrected chi connectivity index (χ0v) is 18.5. The maximum Gasteiger partial charge on any atom is 0.251 e. The van der Waals surface area contributed by atoms with Crippen LogP contribution < -0.4 is 10.6 Å². The third-order valence-corrected chi connectivity index (χ3v) is 5.12. The number of aromatic nitrogens is 2. The number of hydrogen-bond donors (Lipinski definition) is 2. The van der Waals surface area contributed by atoms with Crippen LogP contribution in [0, 0.1) is 6.92 Å². The van der Waals surface area contributed by atoms with Crippen molar-refractivity contribution in [1.82, 2.24) is 15.3 Å². The first-order valence-electron chi connectivity index (χ1n) is 11.2. The van der Waals surface area contributed by atoms with Gasteiger partial charge in [0.1, 0.15) is 11.6 Å². The van der Waals surface area contributed by atoms with Crippen molar-refractivity contribution in [3.05, 3.63) is 72.1 Å². The lowest BCUT2D eigenvalue weighted by Crippen LogP contribution is -2.24. The van der Waals surface area contributed by atoms with Gasteiger partial charge in [0.2, 0.25) is 0 Å². The molecule has 0 aliphatic rings. The molecule has 3 aromatic rings. The number of aryl methyl sites for hydroxylation is 1. The summed E-state index contributed by atoms with van der Waals surface area (Å²) in [5.74, 6) is 1.36. The van der Waals surface area contributed by atoms with Gasteiger partial charge in [0.05, 0.1) is 5.69 Å². The van der Waals surface area contributed by atoms with Gasteiger partial charge in [-0.2, -0.15) is 0 Å². The van der Waals surface area contributed by atoms with Crippen LogP contribution in [0.15, 0.2) is 60.7 Å². The van der Waals surface area contributed by atoms with Crippen LogP contribution in [0.2, 0.25) is 0 Å². The monoisotopic (exact) mass is 416 g/mol. The van der Waals surface area contributed by atoms with Crippen LogP contribution in [0.3, 0.4) is 0 Å². The highest BCUT2D eigenvalue weighted by Gasteiger charge is 2.08. The van der Waals surface area contributed by atoms with Gasteiger partial charge in [-0.3, -0.25) is 4.79 Å². The van der Waals surface area contributed by atoms with Gasteiger partial charge in [-0.25, -0.2) is 9.97 Å². The number of nitrogens with zero attached hydrogens (tertiary/aromatic N) is 2. The Kier molecular flexibility index (Phi) is 8.59. The molecule has 1 aromatic heterocycles. The SMILES string of the molecule is CCCCCCCCNC(=O)c1cccc(Nc2cc(-c3ccccc3)nc(C)n2)c1. The molecule has 0 aliphatic heterocycles. The Balaban J connectivity index is 1.59. The van der Waals surface area contributed by atoms with Crippen LogP contribution in [-0.2, 0) is 0 Å². The van der Waals surface area contributed by atoms with E-state index in [0.717, 1.165) is 23.4 Å². The predicted molar refractivity (Wildman–Crippen MR) is 128 cm³/mol. The van der Waals surface area contributed by atoms with E-state index in [0.29, 0.717) is 23.8 Å². The number of rotatable bonds is 11. The van der Waals surface area contributed by atoms with Crippen molar-refractivity contribution < 1.29 is 4.79 Å². The quantitative estimate of drug-likeness (QED) is 0.361. The van der Waals surface area contributed by atoms with Crippen molar-refractivity contribution in [3.63, 3.8) is 0 Å². The van der Waals surface area contributed by atoms with E-state index < -0.39 is 0 Å². The summed E-state index contributed by atoms with van der Waals surface area (Å²) in [7, 11) is 0. The molecule has 2 N–H and O–H groups in total. The van der Waals surface area contributed by atoms with Gasteiger partial charge in [-0.1, -0.05) is 75.4 Å². The van der Waals surface area contributed by atoms with Crippen molar-refractivity contribution in [3.8, 4) is 11.3 Å². The van der Waals surface area contributed by atoms with Crippen molar-refractivity contribution in [1.29, 1.82) is 0 Å². The van der Waals surface area contributed by atoms with Gasteiger partial charge >= 0.3 is 0 Å². The summed E-state index contributed by atoms with van der Waals surface area (Å²) in [5.41, 5.74) is 3.37. The van der Waals surface area contributed by atoms with E-state index in [-0.39, 0.29) is 5.91 Å². The van der Waals surface area contributed by atoms with Gasteiger partial charge in [-0.05, 0) is 31.5 Å². The Hall–Kier alpha value is -3.21. The lowest BCUT2D eigenvalue weighted by Gasteiger charge is -2.10. The minimum atomic E-state index is -0.0407. The minimum Gasteiger partial charge on any atom is -0.352 e. The Morgan fingerprint density at radius 3 is 2.45 bits per heavy atom. The zero-order chi connectivity index (χ0) is 21.9. The molecule has 0 saturated heterocycles. The summed E-state index contributed by atoms with van der Waals surface area (Å²) in [6.45, 7) is 4.81. The average Bonchev–Trinajstić information content (AvgIpc) is 2.79. The second-order valence-corrected chi connectivity index (χ2v) is 7.78. The molecule has 5 nitrogen and oxygen atoms in total. The standard InChI is InChI=1S/C26H32N4O/c1-3-4-5-6-7-11-17-27-26(31)22-15-12-16-23(18-22)30-25-19-24(28-20(2)29-25)21-13-9-8-10-14-21/h8-10,12-16,18-19H,3-7,11,17H2,1-2H3,(H,27,31)(H,28,29,30). The van der Waals surface area contributed by atoms with Crippen LogP contribution in [0.5, 0.6) is 0 Å². The van der Waals surface area contributed by atoms with E-state index >= 15 is 0 Å². The van der Waals surface area contributed by atoms with Gasteiger partial charge < -0.3 is 10.6 Å². The first-order valence-corrected chi connectivity index (χ1v) is 11.2. The van der Waals surface area contributed by atoms with Gasteiger partial charge in [0, 0.05) is 29.4 Å². The molecule has 0 aliphatic carbocycles. The summed E-state index contributed by atoms with van der Waals surface area (Å²) < 4.78 is 0. The fourth-order valence-electron chi connectivity index (χ4n) is 3.48. The highest BCUT2D eigenvalue weighted by atomic mass is 16.1. The minimum absolute atomic E-state index is 0.0407. The normalized spacial score (nSPS) is 10.6. The van der Waals surface area contributed by atoms with Crippen molar-refractivity contribution in [2.24, 2.45) is 0 Å². The van der Waals surface area contributed by atoms with E-state index in [4.69, 9.17) is 0 Å². The molecule has 1 heterocycles. The zero-order valence-electron chi connectivity index (χ0n) is 18.5. The third-order valence-electron chi connectivity index (χ3n) is 5.12. The smallest absolute Gasteiger partial charge is 0.251 e. The highest BCUT2D eigenvalue weighted by Crippen LogP contribution is 2.22. The van der Waals surface area contributed by atoms with Crippen LogP contribution in [-0.4, -0.2) is 22.4 Å². The Morgan fingerprint density at radius 1 is 0.871 bits per heavy atom. The Labute approximate surface area is 185 Å². The van der Waals surface area contributed by atoms with Crippen molar-refractivity contribution in [2.45, 2.75) is 52.4 Å². The van der Waals surface area contributed by atoms with Crippen LogP contribution in [0.4, 0.5) is 11.5 Å². The molecule has 0 fully saturated rings. The van der Waals surface area contributed by atoms with Crippen LogP contribution in [0.25, 0.3) is 11.3 Å². The molecule has 5 heteroatoms. The number of carbonyl (C=O) groups excluding carboxylic acids is 1. The summed E-state index contributed by atoms with van der Waals surface area (Å²) in [5, 5.41) is 6.34. The largest absolute Gasteiger partial charge is 0.352 e. The van der Waals surface area contributed by atoms with E-state index in [9.17, 15) is 4.79 Å². The fourth-order valence-corrected chi connectivity index (χ4v) is 3.48. The number of amides is 1. The van der Waals surface area contributed by atoms with Crippen LogP contribution in [0.1, 0.15) is 61.6 Å². The average molecular weight is 417 g/mol. The molecule has 0 unspecified atom stereocenters. The van der Waals surface area contributed by atoms with Gasteiger partial charge in [-0.15, -0.1) is 0 Å². The molecule has 0 bridgehead atoms. The van der Waals surface area contributed by atoms with Crippen LogP contribution >= 0.6 is 0 Å². The van der Waals surface area contributed by atoms with E-state index in [1.165, 1.54) is 32.1 Å². The molecule has 2 aromatic carbocycles. The third kappa shape index (κ3) is 7.21. The number of carbonyl (C=O) groups is 1. The molecule has 31 heavy (non-hydrogen) atoms. The summed E-state index contributed by atoms with van der Waals surface area (Å²) in [6, 6.07) is 19.5. The first-order chi connectivity index (χ1) is 15.2. The second kappa shape index (κ2) is 11.8. The molecule has 0 saturated carbocycles. The second-order valence-electron chi connectivity index (χ2n) is 7.78. The molecular formula is C26H32N4O. The lowest BCUT2D eigenvalue weighted by atomic mass is 10.1. The summed E-state index contributed by atoms with van der Waals surface area (Å²) in [6.07, 6.45) is 7.27. The van der Waals surface area contributed by atoms with E-state index in [1.54, 1.807) is 0 Å². The lowest BCUT2D eigenvalue weighted by molar-refractivity contribution is 0.0953. The molecule has 0 spiro atoms. The number of benzene rings is 2. The first kappa shape index (κ1) is 22.5. The predicted octanol–water partition coefficient (Wildman–Crippen LogP) is 6.29. The van der Waals surface area contributed by atoms with E-state index in [2.05, 4.69) is 27.5 Å². The van der Waals surface area contributed by atoms with Gasteiger partial charge in [0.15, 0.2) is 0 Å². The number of hydrogen-bond acceptors (Lipinski definition) is 4. The summed E-state index contributed by atoms with van der Waals surface area (Å²) in [4.78, 5) is 21.6. The molecule has 0 radical (unpaired) electrons. The Morgan fingerprint density at radius 2 is 1.65 bits per heavy atom. The maximum atomic E-state index is 12.5. The highest BCUT2D eigenvalue weighted by molar-refractivity contribution is 5.95. The maximum absolute atomic E-state index is 12.5. The molecule has 162 valence electrons. The van der Waals surface area contributed by atoms with E-state index in [1.807, 2.05) is 67.6 Å². The summed E-state index contributed by atoms with van der Waals surface area (Å²) >= 11 is 0. The van der Waals surface area contributed by atoms with Crippen molar-refractivity contribution in [2.75, 3.05) is 11.9 Å². The van der Waals surface area contributed by atoms with Gasteiger partial charge in [0.25, 0.3) is 5.91 Å². The number of anilines is 2. The number of unbranched alkanes of at least 4 members (excludes halogenated alkanes) is 5. The molecule has 3 rings (SSSR count). The molecule has 1 amide bonds. The molecular weight excluding hydrogens is 384 g/mol. The van der Waals surface area contributed by atoms with Crippen molar-refractivity contribution >= 4 is 17.4 Å². The number of nitrogens with one attached hydrogen (secondary N) is 2. The fraction of sp³-hybridized carbons (Fsp3) is 0.346.